The van der Waals surface area contributed by atoms with E-state index >= 15 is 0 Å². The van der Waals surface area contributed by atoms with E-state index in [1.54, 1.807) is 12.4 Å². The van der Waals surface area contributed by atoms with Gasteiger partial charge in [-0.05, 0) is 63.5 Å². The average Bonchev–Trinajstić information content (AvgIpc) is 3.16. The number of carbonyl (C=O) groups is 1. The molecule has 0 saturated carbocycles. The van der Waals surface area contributed by atoms with Crippen molar-refractivity contribution >= 4 is 38.3 Å². The molecular weight excluding hydrogens is 470 g/mol. The Morgan fingerprint density at radius 3 is 2.32 bits per heavy atom. The number of rotatable bonds is 3. The van der Waals surface area contributed by atoms with Crippen LogP contribution >= 0.6 is 27.3 Å². The first-order chi connectivity index (χ1) is 15.1. The zero-order valence-electron chi connectivity index (χ0n) is 16.9. The number of fused-ring (bicyclic) bond motifs is 2. The number of thiazole rings is 1. The van der Waals surface area contributed by atoms with Crippen molar-refractivity contribution < 1.29 is 4.79 Å². The summed E-state index contributed by atoms with van der Waals surface area (Å²) in [6.45, 7) is 2.04. The third kappa shape index (κ3) is 3.82. The van der Waals surface area contributed by atoms with Crippen LogP contribution in [0.3, 0.4) is 0 Å². The highest BCUT2D eigenvalue weighted by Gasteiger charge is 2.29. The van der Waals surface area contributed by atoms with E-state index in [1.807, 2.05) is 37.4 Å². The zero-order valence-corrected chi connectivity index (χ0v) is 19.3. The smallest absolute Gasteiger partial charge is 0.238 e. The van der Waals surface area contributed by atoms with E-state index in [2.05, 4.69) is 55.5 Å². The number of nitrogens with one attached hydrogen (secondary N) is 1. The van der Waals surface area contributed by atoms with E-state index in [-0.39, 0.29) is 11.8 Å². The van der Waals surface area contributed by atoms with Gasteiger partial charge < -0.3 is 5.32 Å². The minimum absolute atomic E-state index is 0.0493. The van der Waals surface area contributed by atoms with Crippen molar-refractivity contribution in [3.05, 3.63) is 99.4 Å². The lowest BCUT2D eigenvalue weighted by Crippen LogP contribution is -2.23. The van der Waals surface area contributed by atoms with Gasteiger partial charge in [-0.1, -0.05) is 59.9 Å². The molecule has 2 aromatic carbocycles. The number of pyridine rings is 1. The molecule has 4 aromatic rings. The molecule has 0 unspecified atom stereocenters. The molecule has 154 valence electrons. The third-order valence-corrected chi connectivity index (χ3v) is 7.56. The minimum Gasteiger partial charge on any atom is -0.301 e. The summed E-state index contributed by atoms with van der Waals surface area (Å²) in [5.74, 6) is -0.400. The SMILES string of the molecule is Cc1c(Br)cncc1-c1cnc(NC(=O)C2c3ccccc3CCc3ccccc32)s1. The van der Waals surface area contributed by atoms with Crippen molar-refractivity contribution in [1.82, 2.24) is 9.97 Å². The van der Waals surface area contributed by atoms with Gasteiger partial charge in [-0.3, -0.25) is 9.78 Å². The Hall–Kier alpha value is -2.83. The van der Waals surface area contributed by atoms with Gasteiger partial charge >= 0.3 is 0 Å². The highest BCUT2D eigenvalue weighted by molar-refractivity contribution is 9.10. The maximum Gasteiger partial charge on any atom is 0.238 e. The Kier molecular flexibility index (Phi) is 5.42. The van der Waals surface area contributed by atoms with Crippen LogP contribution in [-0.4, -0.2) is 15.9 Å². The molecule has 1 aliphatic carbocycles. The fourth-order valence-corrected chi connectivity index (χ4v) is 5.41. The topological polar surface area (TPSA) is 54.9 Å². The van der Waals surface area contributed by atoms with Crippen molar-refractivity contribution in [3.8, 4) is 10.4 Å². The molecule has 0 saturated heterocycles. The first-order valence-electron chi connectivity index (χ1n) is 10.1. The number of carbonyl (C=O) groups excluding carboxylic acids is 1. The quantitative estimate of drug-likeness (QED) is 0.375. The van der Waals surface area contributed by atoms with Crippen LogP contribution in [0, 0.1) is 6.92 Å². The maximum atomic E-state index is 13.5. The predicted octanol–water partition coefficient (Wildman–Crippen LogP) is 6.15. The van der Waals surface area contributed by atoms with Crippen molar-refractivity contribution in [3.63, 3.8) is 0 Å². The second-order valence-corrected chi connectivity index (χ2v) is 9.53. The summed E-state index contributed by atoms with van der Waals surface area (Å²) in [4.78, 5) is 23.3. The van der Waals surface area contributed by atoms with Gasteiger partial charge in [0, 0.05) is 28.6 Å². The number of anilines is 1. The molecule has 0 aliphatic heterocycles. The number of benzene rings is 2. The van der Waals surface area contributed by atoms with Crippen molar-refractivity contribution in [1.29, 1.82) is 0 Å². The molecule has 0 atom stereocenters. The molecule has 6 heteroatoms. The lowest BCUT2D eigenvalue weighted by atomic mass is 9.87. The third-order valence-electron chi connectivity index (χ3n) is 5.81. The molecule has 0 radical (unpaired) electrons. The molecule has 0 fully saturated rings. The fourth-order valence-electron chi connectivity index (χ4n) is 4.19. The number of aryl methyl sites for hydroxylation is 2. The second kappa shape index (κ2) is 8.36. The van der Waals surface area contributed by atoms with Gasteiger partial charge in [0.15, 0.2) is 5.13 Å². The van der Waals surface area contributed by atoms with Crippen LogP contribution < -0.4 is 5.32 Å². The normalized spacial score (nSPS) is 13.2. The predicted molar refractivity (Wildman–Crippen MR) is 129 cm³/mol. The van der Waals surface area contributed by atoms with Gasteiger partial charge in [-0.2, -0.15) is 0 Å². The summed E-state index contributed by atoms with van der Waals surface area (Å²) < 4.78 is 0.954. The van der Waals surface area contributed by atoms with E-state index in [0.717, 1.165) is 44.4 Å². The Labute approximate surface area is 193 Å². The van der Waals surface area contributed by atoms with E-state index < -0.39 is 0 Å². The summed E-state index contributed by atoms with van der Waals surface area (Å²) in [5.41, 5.74) is 6.73. The molecule has 2 heterocycles. The number of halogens is 1. The van der Waals surface area contributed by atoms with Crippen LogP contribution in [0.15, 0.2) is 71.6 Å². The highest BCUT2D eigenvalue weighted by Crippen LogP contribution is 2.37. The van der Waals surface area contributed by atoms with Gasteiger partial charge in [0.1, 0.15) is 0 Å². The molecular formula is C25H20BrN3OS. The van der Waals surface area contributed by atoms with Crippen LogP contribution in [0.4, 0.5) is 5.13 Å². The van der Waals surface area contributed by atoms with Crippen LogP contribution in [-0.2, 0) is 17.6 Å². The first-order valence-corrected chi connectivity index (χ1v) is 11.8. The summed E-state index contributed by atoms with van der Waals surface area (Å²) >= 11 is 5.00. The number of nitrogens with zero attached hydrogens (tertiary/aromatic N) is 2. The monoisotopic (exact) mass is 489 g/mol. The molecule has 4 nitrogen and oxygen atoms in total. The molecule has 31 heavy (non-hydrogen) atoms. The van der Waals surface area contributed by atoms with Gasteiger partial charge in [-0.15, -0.1) is 0 Å². The molecule has 1 aliphatic rings. The van der Waals surface area contributed by atoms with Gasteiger partial charge in [-0.25, -0.2) is 4.98 Å². The standard InChI is InChI=1S/C25H20BrN3OS/c1-15-20(12-27-13-21(15)26)22-14-28-25(31-22)29-24(30)23-18-8-4-2-6-16(18)10-11-17-7-3-5-9-19(17)23/h2-9,12-14,23H,10-11H2,1H3,(H,28,29,30). The number of hydrogen-bond donors (Lipinski definition) is 1. The lowest BCUT2D eigenvalue weighted by Gasteiger charge is -2.19. The molecule has 0 spiro atoms. The minimum atomic E-state index is -0.350. The van der Waals surface area contributed by atoms with E-state index in [1.165, 1.54) is 22.5 Å². The molecule has 2 aromatic heterocycles. The van der Waals surface area contributed by atoms with E-state index in [4.69, 9.17) is 0 Å². The summed E-state index contributed by atoms with van der Waals surface area (Å²) in [6, 6.07) is 16.5. The van der Waals surface area contributed by atoms with Crippen LogP contribution in [0.2, 0.25) is 0 Å². The molecule has 1 N–H and O–H groups in total. The van der Waals surface area contributed by atoms with Gasteiger partial charge in [0.05, 0.1) is 10.8 Å². The van der Waals surface area contributed by atoms with Crippen LogP contribution in [0.5, 0.6) is 0 Å². The zero-order chi connectivity index (χ0) is 21.4. The molecule has 1 amide bonds. The molecule has 5 rings (SSSR count). The van der Waals surface area contributed by atoms with E-state index in [0.29, 0.717) is 5.13 Å². The Bertz CT molecular complexity index is 1240. The number of aromatic nitrogens is 2. The van der Waals surface area contributed by atoms with Crippen molar-refractivity contribution in [2.24, 2.45) is 0 Å². The van der Waals surface area contributed by atoms with Gasteiger partial charge in [0.25, 0.3) is 0 Å². The lowest BCUT2D eigenvalue weighted by molar-refractivity contribution is -0.116. The summed E-state index contributed by atoms with van der Waals surface area (Å²) in [7, 11) is 0. The number of amides is 1. The second-order valence-electron chi connectivity index (χ2n) is 7.64. The largest absolute Gasteiger partial charge is 0.301 e. The Morgan fingerprint density at radius 2 is 1.65 bits per heavy atom. The maximum absolute atomic E-state index is 13.5. The summed E-state index contributed by atoms with van der Waals surface area (Å²) in [6.07, 6.45) is 7.29. The van der Waals surface area contributed by atoms with Crippen LogP contribution in [0.25, 0.3) is 10.4 Å². The van der Waals surface area contributed by atoms with Crippen molar-refractivity contribution in [2.75, 3.05) is 5.32 Å². The van der Waals surface area contributed by atoms with Crippen molar-refractivity contribution in [2.45, 2.75) is 25.7 Å². The number of hydrogen-bond acceptors (Lipinski definition) is 4. The summed E-state index contributed by atoms with van der Waals surface area (Å²) in [5, 5.41) is 3.68. The van der Waals surface area contributed by atoms with Crippen LogP contribution in [0.1, 0.15) is 33.7 Å². The first kappa shape index (κ1) is 20.1. The average molecular weight is 490 g/mol. The van der Waals surface area contributed by atoms with Gasteiger partial charge in [0.2, 0.25) is 5.91 Å². The highest BCUT2D eigenvalue weighted by atomic mass is 79.9. The fraction of sp³-hybridized carbons (Fsp3) is 0.160. The molecule has 0 bridgehead atoms. The Balaban J connectivity index is 1.49. The van der Waals surface area contributed by atoms with E-state index in [9.17, 15) is 4.79 Å². The Morgan fingerprint density at radius 1 is 1.00 bits per heavy atom.